The normalized spacial score (nSPS) is 18.1. The third-order valence-electron chi connectivity index (χ3n) is 6.32. The van der Waals surface area contributed by atoms with Gasteiger partial charge in [-0.3, -0.25) is 9.69 Å². The number of thiazole rings is 1. The number of carbonyl (C=O) groups excluding carboxylic acids is 1. The van der Waals surface area contributed by atoms with Crippen LogP contribution in [0.1, 0.15) is 18.7 Å². The fourth-order valence-electron chi connectivity index (χ4n) is 4.50. The standard InChI is InChI=1S/C25H24ClN7O3S/c26-17-12-28-24-21(30-23(31-24)19-15-35-14-18(36-19)16-4-2-1-3-5-16)22(17)33-9-7-32(8-10-33)13-20(34)29-25-27-6-11-37-25/h1-2,4,6,11-12,14-15H,3,5,7-10,13H2,(H,27,29,34)(H,28,30,31). The Morgan fingerprint density at radius 3 is 2.84 bits per heavy atom. The molecule has 2 N–H and O–H groups in total. The summed E-state index contributed by atoms with van der Waals surface area (Å²) in [5.41, 5.74) is 3.19. The van der Waals surface area contributed by atoms with Crippen LogP contribution in [0, 0.1) is 0 Å². The zero-order chi connectivity index (χ0) is 25.2. The topological polar surface area (TPSA) is 109 Å². The lowest BCUT2D eigenvalue weighted by atomic mass is 10.0. The van der Waals surface area contributed by atoms with Crippen LogP contribution >= 0.6 is 22.9 Å². The van der Waals surface area contributed by atoms with Crippen LogP contribution in [-0.2, 0) is 14.3 Å². The van der Waals surface area contributed by atoms with Gasteiger partial charge in [0.2, 0.25) is 11.7 Å². The fourth-order valence-corrected chi connectivity index (χ4v) is 5.31. The minimum Gasteiger partial charge on any atom is -0.465 e. The molecule has 1 aliphatic carbocycles. The SMILES string of the molecule is O=C(CN1CCN(c2c(Cl)cnc3nc(C4=COC=C(C5=CC=CCC5)O4)[nH]c23)CC1)Nc1nccs1. The van der Waals surface area contributed by atoms with E-state index in [1.807, 2.05) is 17.5 Å². The number of imidazole rings is 1. The smallest absolute Gasteiger partial charge is 0.240 e. The summed E-state index contributed by atoms with van der Waals surface area (Å²) in [6.07, 6.45) is 14.4. The minimum absolute atomic E-state index is 0.0673. The van der Waals surface area contributed by atoms with Crippen molar-refractivity contribution in [3.63, 3.8) is 0 Å². The summed E-state index contributed by atoms with van der Waals surface area (Å²) < 4.78 is 11.7. The highest BCUT2D eigenvalue weighted by Crippen LogP contribution is 2.35. The molecule has 0 bridgehead atoms. The Labute approximate surface area is 222 Å². The monoisotopic (exact) mass is 537 g/mol. The number of fused-ring (bicyclic) bond motifs is 1. The number of aromatic nitrogens is 4. The number of rotatable bonds is 6. The maximum Gasteiger partial charge on any atom is 0.240 e. The predicted molar refractivity (Wildman–Crippen MR) is 143 cm³/mol. The van der Waals surface area contributed by atoms with Crippen LogP contribution in [0.5, 0.6) is 0 Å². The van der Waals surface area contributed by atoms with E-state index in [4.69, 9.17) is 21.1 Å². The second-order valence-electron chi connectivity index (χ2n) is 8.75. The molecule has 5 heterocycles. The number of H-pyrrole nitrogens is 1. The van der Waals surface area contributed by atoms with E-state index in [0.29, 0.717) is 65.9 Å². The van der Waals surface area contributed by atoms with Crippen molar-refractivity contribution in [3.05, 3.63) is 70.7 Å². The number of pyridine rings is 1. The van der Waals surface area contributed by atoms with E-state index in [1.54, 1.807) is 18.7 Å². The van der Waals surface area contributed by atoms with Gasteiger partial charge in [0.15, 0.2) is 22.4 Å². The lowest BCUT2D eigenvalue weighted by Crippen LogP contribution is -2.48. The molecule has 37 heavy (non-hydrogen) atoms. The van der Waals surface area contributed by atoms with Crippen molar-refractivity contribution >= 4 is 56.6 Å². The molecule has 0 saturated carbocycles. The van der Waals surface area contributed by atoms with Crippen molar-refractivity contribution in [3.8, 4) is 0 Å². The Kier molecular flexibility index (Phi) is 6.64. The molecule has 1 amide bonds. The Morgan fingerprint density at radius 2 is 2.05 bits per heavy atom. The molecular formula is C25H24ClN7O3S. The molecule has 6 rings (SSSR count). The molecule has 0 radical (unpaired) electrons. The van der Waals surface area contributed by atoms with Crippen molar-refractivity contribution in [2.75, 3.05) is 42.9 Å². The number of nitrogens with zero attached hydrogens (tertiary/aromatic N) is 5. The first kappa shape index (κ1) is 23.7. The molecule has 3 aromatic heterocycles. The van der Waals surface area contributed by atoms with Gasteiger partial charge in [0.25, 0.3) is 0 Å². The zero-order valence-electron chi connectivity index (χ0n) is 19.8. The molecule has 2 aliphatic heterocycles. The number of aromatic amines is 1. The average molecular weight is 538 g/mol. The van der Waals surface area contributed by atoms with Gasteiger partial charge in [0, 0.05) is 37.8 Å². The quantitative estimate of drug-likeness (QED) is 0.479. The number of piperazine rings is 1. The van der Waals surface area contributed by atoms with E-state index in [0.717, 1.165) is 29.6 Å². The van der Waals surface area contributed by atoms with E-state index < -0.39 is 0 Å². The van der Waals surface area contributed by atoms with Gasteiger partial charge in [-0.15, -0.1) is 11.3 Å². The van der Waals surface area contributed by atoms with Crippen LogP contribution in [0.3, 0.4) is 0 Å². The largest absolute Gasteiger partial charge is 0.465 e. The van der Waals surface area contributed by atoms with Gasteiger partial charge < -0.3 is 24.7 Å². The molecule has 0 aromatic carbocycles. The number of halogens is 1. The van der Waals surface area contributed by atoms with Gasteiger partial charge in [-0.25, -0.2) is 15.0 Å². The second kappa shape index (κ2) is 10.4. The number of ether oxygens (including phenoxy) is 2. The van der Waals surface area contributed by atoms with Crippen LogP contribution in [0.2, 0.25) is 5.02 Å². The van der Waals surface area contributed by atoms with Crippen molar-refractivity contribution < 1.29 is 14.3 Å². The molecule has 1 saturated heterocycles. The van der Waals surface area contributed by atoms with E-state index in [2.05, 4.69) is 41.1 Å². The van der Waals surface area contributed by atoms with Crippen molar-refractivity contribution in [1.82, 2.24) is 24.8 Å². The van der Waals surface area contributed by atoms with Crippen LogP contribution in [0.25, 0.3) is 16.9 Å². The summed E-state index contributed by atoms with van der Waals surface area (Å²) in [6, 6.07) is 0. The zero-order valence-corrected chi connectivity index (χ0v) is 21.4. The molecule has 3 aromatic rings. The molecule has 0 unspecified atom stereocenters. The summed E-state index contributed by atoms with van der Waals surface area (Å²) in [6.45, 7) is 3.15. The minimum atomic E-state index is -0.0673. The number of carbonyl (C=O) groups is 1. The van der Waals surface area contributed by atoms with Crippen LogP contribution in [0.15, 0.2) is 59.9 Å². The second-order valence-corrected chi connectivity index (χ2v) is 10.1. The highest BCUT2D eigenvalue weighted by Gasteiger charge is 2.26. The predicted octanol–water partition coefficient (Wildman–Crippen LogP) is 4.29. The van der Waals surface area contributed by atoms with Crippen LogP contribution in [0.4, 0.5) is 10.8 Å². The highest BCUT2D eigenvalue weighted by atomic mass is 35.5. The molecule has 190 valence electrons. The Balaban J connectivity index is 1.16. The number of amides is 1. The lowest BCUT2D eigenvalue weighted by Gasteiger charge is -2.36. The molecular weight excluding hydrogens is 514 g/mol. The Morgan fingerprint density at radius 1 is 1.19 bits per heavy atom. The fraction of sp³-hybridized carbons (Fsp3) is 0.280. The van der Waals surface area contributed by atoms with Crippen molar-refractivity contribution in [1.29, 1.82) is 0 Å². The van der Waals surface area contributed by atoms with Gasteiger partial charge in [-0.05, 0) is 18.4 Å². The first-order valence-corrected chi connectivity index (χ1v) is 13.2. The summed E-state index contributed by atoms with van der Waals surface area (Å²) >= 11 is 8.03. The van der Waals surface area contributed by atoms with E-state index in [9.17, 15) is 4.79 Å². The molecule has 12 heteroatoms. The summed E-state index contributed by atoms with van der Waals surface area (Å²) in [5, 5.41) is 5.82. The van der Waals surface area contributed by atoms with Gasteiger partial charge in [-0.2, -0.15) is 0 Å². The molecule has 0 spiro atoms. The number of nitrogens with one attached hydrogen (secondary N) is 2. The number of hydrogen-bond donors (Lipinski definition) is 2. The lowest BCUT2D eigenvalue weighted by molar-refractivity contribution is -0.117. The van der Waals surface area contributed by atoms with E-state index in [1.165, 1.54) is 17.6 Å². The van der Waals surface area contributed by atoms with Gasteiger partial charge in [-0.1, -0.05) is 29.8 Å². The third kappa shape index (κ3) is 5.10. The van der Waals surface area contributed by atoms with Gasteiger partial charge >= 0.3 is 0 Å². The number of hydrogen-bond acceptors (Lipinski definition) is 9. The summed E-state index contributed by atoms with van der Waals surface area (Å²) in [7, 11) is 0. The third-order valence-corrected chi connectivity index (χ3v) is 7.28. The van der Waals surface area contributed by atoms with Gasteiger partial charge in [0.05, 0.1) is 23.5 Å². The van der Waals surface area contributed by atoms with Crippen molar-refractivity contribution in [2.24, 2.45) is 0 Å². The Hall–Kier alpha value is -3.67. The highest BCUT2D eigenvalue weighted by molar-refractivity contribution is 7.13. The first-order chi connectivity index (χ1) is 18.1. The van der Waals surface area contributed by atoms with E-state index in [-0.39, 0.29) is 5.91 Å². The molecule has 3 aliphatic rings. The maximum atomic E-state index is 12.4. The maximum absolute atomic E-state index is 12.4. The molecule has 10 nitrogen and oxygen atoms in total. The molecule has 1 fully saturated rings. The van der Waals surface area contributed by atoms with Crippen molar-refractivity contribution in [2.45, 2.75) is 12.8 Å². The Bertz CT molecular complexity index is 1440. The summed E-state index contributed by atoms with van der Waals surface area (Å²) in [5.74, 6) is 1.59. The number of allylic oxidation sites excluding steroid dienone is 4. The number of anilines is 2. The van der Waals surface area contributed by atoms with Crippen LogP contribution < -0.4 is 10.2 Å². The van der Waals surface area contributed by atoms with Gasteiger partial charge in [0.1, 0.15) is 18.0 Å². The first-order valence-electron chi connectivity index (χ1n) is 11.9. The molecule has 0 atom stereocenters. The van der Waals surface area contributed by atoms with E-state index >= 15 is 0 Å². The summed E-state index contributed by atoms with van der Waals surface area (Å²) in [4.78, 5) is 33.2. The average Bonchev–Trinajstić information content (AvgIpc) is 3.60. The van der Waals surface area contributed by atoms with Crippen LogP contribution in [-0.4, -0.2) is 63.5 Å².